The highest BCUT2D eigenvalue weighted by Crippen LogP contribution is 2.26. The van der Waals surface area contributed by atoms with E-state index in [1.54, 1.807) is 36.3 Å². The van der Waals surface area contributed by atoms with Crippen LogP contribution >= 0.6 is 0 Å². The summed E-state index contributed by atoms with van der Waals surface area (Å²) in [4.78, 5) is 17.0. The van der Waals surface area contributed by atoms with Crippen LogP contribution in [0.15, 0.2) is 77.7 Å². The van der Waals surface area contributed by atoms with Crippen LogP contribution in [0.4, 0.5) is 0 Å². The van der Waals surface area contributed by atoms with Crippen molar-refractivity contribution in [3.63, 3.8) is 0 Å². The van der Waals surface area contributed by atoms with Crippen molar-refractivity contribution >= 4 is 5.91 Å². The van der Waals surface area contributed by atoms with Crippen LogP contribution in [-0.4, -0.2) is 15.5 Å². The lowest BCUT2D eigenvalue weighted by molar-refractivity contribution is 0.0938. The highest BCUT2D eigenvalue weighted by atomic mass is 16.5. The maximum atomic E-state index is 13.0. The summed E-state index contributed by atoms with van der Waals surface area (Å²) in [7, 11) is 0. The molecule has 4 aromatic rings. The molecule has 0 aliphatic rings. The number of nitrogens with one attached hydrogen (secondary N) is 1. The normalized spacial score (nSPS) is 11.5. The van der Waals surface area contributed by atoms with Crippen LogP contribution in [0.1, 0.15) is 45.8 Å². The Morgan fingerprint density at radius 1 is 1.22 bits per heavy atom. The summed E-state index contributed by atoms with van der Waals surface area (Å²) >= 11 is 0. The van der Waals surface area contributed by atoms with Crippen LogP contribution in [0.3, 0.4) is 0 Å². The molecule has 0 spiro atoms. The van der Waals surface area contributed by atoms with Crippen LogP contribution in [0.5, 0.6) is 5.75 Å². The number of nitrogens with zero attached hydrogens (tertiary/aromatic N) is 3. The molecule has 1 atom stereocenters. The largest absolute Gasteiger partial charge is 0.489 e. The number of benzene rings is 1. The van der Waals surface area contributed by atoms with E-state index in [4.69, 9.17) is 9.15 Å². The van der Waals surface area contributed by atoms with Gasteiger partial charge < -0.3 is 14.5 Å². The minimum Gasteiger partial charge on any atom is -0.489 e. The second-order valence-electron chi connectivity index (χ2n) is 7.33. The average molecular weight is 426 g/mol. The number of hydrogen-bond acceptors (Lipinski definition) is 5. The van der Waals surface area contributed by atoms with Gasteiger partial charge in [0.2, 0.25) is 5.88 Å². The predicted octanol–water partition coefficient (Wildman–Crippen LogP) is 4.72. The van der Waals surface area contributed by atoms with E-state index in [9.17, 15) is 10.1 Å². The van der Waals surface area contributed by atoms with Gasteiger partial charge in [-0.25, -0.2) is 0 Å². The van der Waals surface area contributed by atoms with Crippen molar-refractivity contribution in [2.45, 2.75) is 26.5 Å². The SMILES string of the molecule is Cc1oc(-n2cccc2)c(C#N)c1C(=O)NC(C)c1ccc(OCc2cccnc2)cc1. The smallest absolute Gasteiger partial charge is 0.256 e. The molecule has 0 aliphatic heterocycles. The molecule has 32 heavy (non-hydrogen) atoms. The van der Waals surface area contributed by atoms with Gasteiger partial charge in [-0.1, -0.05) is 18.2 Å². The van der Waals surface area contributed by atoms with E-state index in [0.717, 1.165) is 16.9 Å². The molecule has 0 saturated heterocycles. The zero-order chi connectivity index (χ0) is 22.5. The molecule has 0 aliphatic carbocycles. The highest BCUT2D eigenvalue weighted by molar-refractivity contribution is 5.98. The number of aromatic nitrogens is 2. The molecule has 1 aromatic carbocycles. The Morgan fingerprint density at radius 2 is 1.97 bits per heavy atom. The van der Waals surface area contributed by atoms with Gasteiger partial charge in [-0.3, -0.25) is 14.3 Å². The van der Waals surface area contributed by atoms with E-state index in [2.05, 4.69) is 16.4 Å². The number of furan rings is 1. The van der Waals surface area contributed by atoms with Gasteiger partial charge in [-0.05, 0) is 49.7 Å². The van der Waals surface area contributed by atoms with Crippen LogP contribution in [0.2, 0.25) is 0 Å². The molecule has 0 radical (unpaired) electrons. The van der Waals surface area contributed by atoms with Gasteiger partial charge >= 0.3 is 0 Å². The molecule has 1 unspecified atom stereocenters. The monoisotopic (exact) mass is 426 g/mol. The minimum atomic E-state index is -0.356. The Bertz CT molecular complexity index is 1240. The van der Waals surface area contributed by atoms with Crippen molar-refractivity contribution in [1.82, 2.24) is 14.9 Å². The van der Waals surface area contributed by atoms with Crippen LogP contribution < -0.4 is 10.1 Å². The summed E-state index contributed by atoms with van der Waals surface area (Å²) in [6, 6.07) is 16.8. The molecule has 160 valence electrons. The number of carbonyl (C=O) groups excluding carboxylic acids is 1. The fourth-order valence-corrected chi connectivity index (χ4v) is 3.41. The van der Waals surface area contributed by atoms with Crippen molar-refractivity contribution in [3.8, 4) is 17.7 Å². The van der Waals surface area contributed by atoms with E-state index in [1.165, 1.54) is 0 Å². The van der Waals surface area contributed by atoms with Gasteiger partial charge in [0.15, 0.2) is 0 Å². The van der Waals surface area contributed by atoms with E-state index in [-0.39, 0.29) is 23.1 Å². The lowest BCUT2D eigenvalue weighted by Crippen LogP contribution is -2.27. The standard InChI is InChI=1S/C25H22N4O3/c1-17(20-7-9-21(10-8-20)31-16-19-6-5-11-27-15-19)28-24(30)23-18(2)32-25(22(23)14-26)29-12-3-4-13-29/h3-13,15,17H,16H2,1-2H3,(H,28,30). The lowest BCUT2D eigenvalue weighted by atomic mass is 10.1. The van der Waals surface area contributed by atoms with Gasteiger partial charge in [0.25, 0.3) is 5.91 Å². The zero-order valence-electron chi connectivity index (χ0n) is 17.8. The second kappa shape index (κ2) is 9.23. The Kier molecular flexibility index (Phi) is 6.04. The van der Waals surface area contributed by atoms with E-state index >= 15 is 0 Å². The maximum absolute atomic E-state index is 13.0. The van der Waals surface area contributed by atoms with Gasteiger partial charge in [0.1, 0.15) is 35.3 Å². The molecular formula is C25H22N4O3. The van der Waals surface area contributed by atoms with Crippen LogP contribution in [0, 0.1) is 18.3 Å². The molecule has 3 heterocycles. The Hall–Kier alpha value is -4.31. The first-order valence-corrected chi connectivity index (χ1v) is 10.2. The predicted molar refractivity (Wildman–Crippen MR) is 118 cm³/mol. The third-order valence-corrected chi connectivity index (χ3v) is 5.10. The molecule has 3 aromatic heterocycles. The van der Waals surface area contributed by atoms with Crippen molar-refractivity contribution in [3.05, 3.63) is 101 Å². The Morgan fingerprint density at radius 3 is 2.62 bits per heavy atom. The van der Waals surface area contributed by atoms with Gasteiger partial charge in [0.05, 0.1) is 6.04 Å². The molecule has 1 N–H and O–H groups in total. The molecule has 1 amide bonds. The Labute approximate surface area is 185 Å². The third kappa shape index (κ3) is 4.40. The number of carbonyl (C=O) groups is 1. The summed E-state index contributed by atoms with van der Waals surface area (Å²) in [5, 5.41) is 12.6. The highest BCUT2D eigenvalue weighted by Gasteiger charge is 2.25. The molecule has 7 heteroatoms. The number of aryl methyl sites for hydroxylation is 1. The Balaban J connectivity index is 1.44. The number of nitriles is 1. The topological polar surface area (TPSA) is 93.1 Å². The van der Waals surface area contributed by atoms with Gasteiger partial charge in [-0.15, -0.1) is 0 Å². The van der Waals surface area contributed by atoms with Crippen LogP contribution in [-0.2, 0) is 6.61 Å². The van der Waals surface area contributed by atoms with E-state index in [0.29, 0.717) is 18.3 Å². The third-order valence-electron chi connectivity index (χ3n) is 5.10. The molecule has 0 fully saturated rings. The van der Waals surface area contributed by atoms with Crippen molar-refractivity contribution in [2.75, 3.05) is 0 Å². The summed E-state index contributed by atoms with van der Waals surface area (Å²) < 4.78 is 13.2. The second-order valence-corrected chi connectivity index (χ2v) is 7.33. The maximum Gasteiger partial charge on any atom is 0.256 e. The average Bonchev–Trinajstić information content (AvgIpc) is 3.46. The summed E-state index contributed by atoms with van der Waals surface area (Å²) in [5.41, 5.74) is 2.36. The lowest BCUT2D eigenvalue weighted by Gasteiger charge is -2.15. The van der Waals surface area contributed by atoms with Gasteiger partial charge in [0, 0.05) is 30.4 Å². The van der Waals surface area contributed by atoms with Crippen molar-refractivity contribution < 1.29 is 13.9 Å². The first-order chi connectivity index (χ1) is 15.6. The molecule has 7 nitrogen and oxygen atoms in total. The van der Waals surface area contributed by atoms with Crippen molar-refractivity contribution in [1.29, 1.82) is 5.26 Å². The summed E-state index contributed by atoms with van der Waals surface area (Å²) in [5.74, 6) is 1.10. The molecular weight excluding hydrogens is 404 g/mol. The molecule has 0 saturated carbocycles. The number of ether oxygens (including phenoxy) is 1. The quantitative estimate of drug-likeness (QED) is 0.462. The zero-order valence-corrected chi connectivity index (χ0v) is 17.8. The van der Waals surface area contributed by atoms with Crippen molar-refractivity contribution in [2.24, 2.45) is 0 Å². The van der Waals surface area contributed by atoms with E-state index in [1.807, 2.05) is 55.5 Å². The summed E-state index contributed by atoms with van der Waals surface area (Å²) in [6.07, 6.45) is 7.02. The number of rotatable bonds is 7. The van der Waals surface area contributed by atoms with Gasteiger partial charge in [-0.2, -0.15) is 5.26 Å². The summed E-state index contributed by atoms with van der Waals surface area (Å²) in [6.45, 7) is 4.00. The molecule has 4 rings (SSSR count). The van der Waals surface area contributed by atoms with E-state index < -0.39 is 0 Å². The van der Waals surface area contributed by atoms with Crippen LogP contribution in [0.25, 0.3) is 5.88 Å². The number of pyridine rings is 1. The molecule has 0 bridgehead atoms. The first-order valence-electron chi connectivity index (χ1n) is 10.2. The number of hydrogen-bond donors (Lipinski definition) is 1. The first kappa shape index (κ1) is 20.9. The number of amides is 1. The fourth-order valence-electron chi connectivity index (χ4n) is 3.41. The minimum absolute atomic E-state index is 0.211. The fraction of sp³-hybridized carbons (Fsp3) is 0.160.